The standard InChI is InChI=1S/C19H21NO3/c20-15-19(9-11-21,10-12-22)17-7-4-8-18(13-17)23-14-16-5-2-1-3-6-16/h1-8,13,21-22H,9-12,14H2. The van der Waals surface area contributed by atoms with Crippen molar-refractivity contribution in [3.05, 3.63) is 65.7 Å². The fourth-order valence-electron chi connectivity index (χ4n) is 2.60. The van der Waals surface area contributed by atoms with E-state index in [-0.39, 0.29) is 26.1 Å². The van der Waals surface area contributed by atoms with Crippen molar-refractivity contribution in [1.82, 2.24) is 0 Å². The molecule has 120 valence electrons. The van der Waals surface area contributed by atoms with E-state index >= 15 is 0 Å². The second-order valence-electron chi connectivity index (χ2n) is 5.44. The van der Waals surface area contributed by atoms with E-state index in [2.05, 4.69) is 6.07 Å². The van der Waals surface area contributed by atoms with Gasteiger partial charge in [-0.15, -0.1) is 0 Å². The first-order valence-corrected chi connectivity index (χ1v) is 7.64. The summed E-state index contributed by atoms with van der Waals surface area (Å²) in [6.45, 7) is 0.231. The van der Waals surface area contributed by atoms with E-state index in [1.54, 1.807) is 0 Å². The minimum Gasteiger partial charge on any atom is -0.489 e. The Morgan fingerprint density at radius 3 is 2.26 bits per heavy atom. The number of hydrogen-bond acceptors (Lipinski definition) is 4. The average Bonchev–Trinajstić information content (AvgIpc) is 2.61. The second-order valence-corrected chi connectivity index (χ2v) is 5.44. The third-order valence-electron chi connectivity index (χ3n) is 3.93. The fourth-order valence-corrected chi connectivity index (χ4v) is 2.60. The molecule has 0 fully saturated rings. The minimum absolute atomic E-state index is 0.108. The largest absolute Gasteiger partial charge is 0.489 e. The normalized spacial score (nSPS) is 11.0. The molecule has 2 N–H and O–H groups in total. The summed E-state index contributed by atoms with van der Waals surface area (Å²) in [5.41, 5.74) is 0.930. The van der Waals surface area contributed by atoms with Gasteiger partial charge in [0.25, 0.3) is 0 Å². The van der Waals surface area contributed by atoms with Gasteiger partial charge in [-0.3, -0.25) is 0 Å². The van der Waals surface area contributed by atoms with Crippen LogP contribution >= 0.6 is 0 Å². The van der Waals surface area contributed by atoms with Gasteiger partial charge in [-0.05, 0) is 36.1 Å². The van der Waals surface area contributed by atoms with Crippen LogP contribution in [0.15, 0.2) is 54.6 Å². The fraction of sp³-hybridized carbons (Fsp3) is 0.316. The highest BCUT2D eigenvalue weighted by Crippen LogP contribution is 2.33. The molecule has 4 nitrogen and oxygen atoms in total. The Kier molecular flexibility index (Phi) is 6.16. The maximum atomic E-state index is 9.58. The number of hydrogen-bond donors (Lipinski definition) is 2. The van der Waals surface area contributed by atoms with Gasteiger partial charge in [0.15, 0.2) is 0 Å². The highest BCUT2D eigenvalue weighted by Gasteiger charge is 2.31. The molecule has 2 rings (SSSR count). The lowest BCUT2D eigenvalue weighted by molar-refractivity contribution is 0.217. The predicted octanol–water partition coefficient (Wildman–Crippen LogP) is 2.79. The Morgan fingerprint density at radius 1 is 0.957 bits per heavy atom. The number of nitrogens with zero attached hydrogens (tertiary/aromatic N) is 1. The Labute approximate surface area is 136 Å². The molecule has 0 bridgehead atoms. The van der Waals surface area contributed by atoms with Gasteiger partial charge in [0.2, 0.25) is 0 Å². The Balaban J connectivity index is 2.19. The van der Waals surface area contributed by atoms with Crippen LogP contribution in [-0.4, -0.2) is 23.4 Å². The summed E-state index contributed by atoms with van der Waals surface area (Å²) in [4.78, 5) is 0. The van der Waals surface area contributed by atoms with Gasteiger partial charge in [-0.2, -0.15) is 5.26 Å². The van der Waals surface area contributed by atoms with E-state index in [0.717, 1.165) is 11.1 Å². The van der Waals surface area contributed by atoms with Gasteiger partial charge in [0.1, 0.15) is 12.4 Å². The SMILES string of the molecule is N#CC(CCO)(CCO)c1cccc(OCc2ccccc2)c1. The molecule has 4 heteroatoms. The summed E-state index contributed by atoms with van der Waals surface area (Å²) >= 11 is 0. The second kappa shape index (κ2) is 8.33. The molecule has 0 saturated carbocycles. The molecule has 0 saturated heterocycles. The van der Waals surface area contributed by atoms with Gasteiger partial charge in [-0.1, -0.05) is 42.5 Å². The van der Waals surface area contributed by atoms with Crippen molar-refractivity contribution < 1.29 is 14.9 Å². The van der Waals surface area contributed by atoms with Crippen LogP contribution in [0.4, 0.5) is 0 Å². The molecular formula is C19H21NO3. The van der Waals surface area contributed by atoms with E-state index in [0.29, 0.717) is 12.4 Å². The molecule has 0 unspecified atom stereocenters. The van der Waals surface area contributed by atoms with Crippen LogP contribution < -0.4 is 4.74 Å². The van der Waals surface area contributed by atoms with Crippen LogP contribution in [0.1, 0.15) is 24.0 Å². The van der Waals surface area contributed by atoms with E-state index in [1.165, 1.54) is 0 Å². The van der Waals surface area contributed by atoms with Crippen LogP contribution in [0.5, 0.6) is 5.75 Å². The van der Waals surface area contributed by atoms with Crippen molar-refractivity contribution in [2.45, 2.75) is 24.9 Å². The molecule has 2 aromatic rings. The first kappa shape index (κ1) is 17.0. The van der Waals surface area contributed by atoms with E-state index < -0.39 is 5.41 Å². The number of nitriles is 1. The topological polar surface area (TPSA) is 73.5 Å². The molecule has 0 radical (unpaired) electrons. The average molecular weight is 311 g/mol. The van der Waals surface area contributed by atoms with E-state index in [9.17, 15) is 15.5 Å². The van der Waals surface area contributed by atoms with E-state index in [1.807, 2.05) is 54.6 Å². The van der Waals surface area contributed by atoms with Crippen molar-refractivity contribution in [3.63, 3.8) is 0 Å². The van der Waals surface area contributed by atoms with Crippen LogP contribution in [0.3, 0.4) is 0 Å². The molecule has 23 heavy (non-hydrogen) atoms. The molecule has 0 aliphatic heterocycles. The zero-order valence-electron chi connectivity index (χ0n) is 13.0. The number of benzene rings is 2. The van der Waals surface area contributed by atoms with Gasteiger partial charge in [-0.25, -0.2) is 0 Å². The quantitative estimate of drug-likeness (QED) is 0.786. The summed E-state index contributed by atoms with van der Waals surface area (Å²) in [5.74, 6) is 0.668. The zero-order chi connectivity index (χ0) is 16.5. The predicted molar refractivity (Wildman–Crippen MR) is 87.9 cm³/mol. The van der Waals surface area contributed by atoms with Crippen molar-refractivity contribution in [2.24, 2.45) is 0 Å². The number of aliphatic hydroxyl groups is 2. The number of rotatable bonds is 8. The molecule has 0 aliphatic rings. The monoisotopic (exact) mass is 311 g/mol. The highest BCUT2D eigenvalue weighted by atomic mass is 16.5. The van der Waals surface area contributed by atoms with Crippen LogP contribution in [0.25, 0.3) is 0 Å². The van der Waals surface area contributed by atoms with Crippen LogP contribution in [0, 0.1) is 11.3 Å². The summed E-state index contributed by atoms with van der Waals surface area (Å²) in [6, 6.07) is 19.4. The third-order valence-corrected chi connectivity index (χ3v) is 3.93. The van der Waals surface area contributed by atoms with Gasteiger partial charge >= 0.3 is 0 Å². The highest BCUT2D eigenvalue weighted by molar-refractivity contribution is 5.38. The molecule has 2 aromatic carbocycles. The summed E-state index contributed by atoms with van der Waals surface area (Å²) < 4.78 is 5.79. The molecule has 0 heterocycles. The van der Waals surface area contributed by atoms with Gasteiger partial charge < -0.3 is 14.9 Å². The first-order valence-electron chi connectivity index (χ1n) is 7.64. The van der Waals surface area contributed by atoms with Crippen molar-refractivity contribution in [3.8, 4) is 11.8 Å². The summed E-state index contributed by atoms with van der Waals surface area (Å²) in [7, 11) is 0. The molecular weight excluding hydrogens is 290 g/mol. The van der Waals surface area contributed by atoms with Gasteiger partial charge in [0.05, 0.1) is 11.5 Å². The minimum atomic E-state index is -0.893. The van der Waals surface area contributed by atoms with E-state index in [4.69, 9.17) is 4.74 Å². The van der Waals surface area contributed by atoms with Crippen molar-refractivity contribution in [2.75, 3.05) is 13.2 Å². The molecule has 0 spiro atoms. The Morgan fingerprint density at radius 2 is 1.65 bits per heavy atom. The first-order chi connectivity index (χ1) is 11.2. The summed E-state index contributed by atoms with van der Waals surface area (Å²) in [6.07, 6.45) is 0.568. The number of aliphatic hydroxyl groups excluding tert-OH is 2. The Bertz CT molecular complexity index is 643. The van der Waals surface area contributed by atoms with Crippen LogP contribution in [-0.2, 0) is 12.0 Å². The molecule has 0 aliphatic carbocycles. The van der Waals surface area contributed by atoms with Crippen molar-refractivity contribution in [1.29, 1.82) is 5.26 Å². The lowest BCUT2D eigenvalue weighted by atomic mass is 9.76. The smallest absolute Gasteiger partial charge is 0.120 e. The maximum Gasteiger partial charge on any atom is 0.120 e. The van der Waals surface area contributed by atoms with Crippen LogP contribution in [0.2, 0.25) is 0 Å². The maximum absolute atomic E-state index is 9.58. The third kappa shape index (κ3) is 4.32. The lowest BCUT2D eigenvalue weighted by Crippen LogP contribution is -2.27. The lowest BCUT2D eigenvalue weighted by Gasteiger charge is -2.26. The molecule has 0 aromatic heterocycles. The molecule has 0 amide bonds. The molecule has 0 atom stereocenters. The zero-order valence-corrected chi connectivity index (χ0v) is 13.0. The Hall–Kier alpha value is -2.35. The summed E-state index contributed by atoms with van der Waals surface area (Å²) in [5, 5.41) is 28.1. The van der Waals surface area contributed by atoms with Crippen molar-refractivity contribution >= 4 is 0 Å². The van der Waals surface area contributed by atoms with Gasteiger partial charge in [0, 0.05) is 13.2 Å². The number of ether oxygens (including phenoxy) is 1.